The van der Waals surface area contributed by atoms with Gasteiger partial charge in [0, 0.05) is 24.1 Å². The minimum atomic E-state index is -0.198. The van der Waals surface area contributed by atoms with Gasteiger partial charge in [-0.3, -0.25) is 4.99 Å². The molecular formula is C13H18Cl2N2O. The summed E-state index contributed by atoms with van der Waals surface area (Å²) >= 11 is 12.7. The van der Waals surface area contributed by atoms with Crippen molar-refractivity contribution in [3.05, 3.63) is 23.3 Å². The molecule has 1 heterocycles. The normalized spacial score (nSPS) is 35.0. The van der Waals surface area contributed by atoms with Gasteiger partial charge in [0.05, 0.1) is 17.5 Å². The van der Waals surface area contributed by atoms with Gasteiger partial charge in [-0.05, 0) is 19.9 Å². The summed E-state index contributed by atoms with van der Waals surface area (Å²) in [7, 11) is 1.65. The fourth-order valence-electron chi connectivity index (χ4n) is 2.26. The zero-order chi connectivity index (χ0) is 13.3. The molecule has 0 spiro atoms. The van der Waals surface area contributed by atoms with E-state index in [0.29, 0.717) is 6.04 Å². The Hall–Kier alpha value is -0.510. The topological polar surface area (TPSA) is 33.6 Å². The highest BCUT2D eigenvalue weighted by Crippen LogP contribution is 2.36. The van der Waals surface area contributed by atoms with E-state index in [1.807, 2.05) is 18.2 Å². The summed E-state index contributed by atoms with van der Waals surface area (Å²) < 4.78 is 5.33. The molecule has 3 nitrogen and oxygen atoms in total. The lowest BCUT2D eigenvalue weighted by atomic mass is 9.86. The number of hydrogen-bond donors (Lipinski definition) is 1. The van der Waals surface area contributed by atoms with E-state index in [9.17, 15) is 0 Å². The number of rotatable bonds is 2. The fourth-order valence-corrected chi connectivity index (χ4v) is 2.96. The number of aliphatic imine (C=N–C) groups is 1. The highest BCUT2D eigenvalue weighted by molar-refractivity contribution is 6.32. The molecule has 0 saturated heterocycles. The van der Waals surface area contributed by atoms with E-state index in [2.05, 4.69) is 24.2 Å². The molecule has 18 heavy (non-hydrogen) atoms. The summed E-state index contributed by atoms with van der Waals surface area (Å²) in [5.74, 6) is 0.866. The van der Waals surface area contributed by atoms with E-state index in [1.54, 1.807) is 7.11 Å². The van der Waals surface area contributed by atoms with Crippen LogP contribution in [0, 0.1) is 5.92 Å². The molecule has 4 unspecified atom stereocenters. The van der Waals surface area contributed by atoms with E-state index < -0.39 is 0 Å². The highest BCUT2D eigenvalue weighted by atomic mass is 35.5. The van der Waals surface area contributed by atoms with Crippen LogP contribution in [0.5, 0.6) is 0 Å². The minimum Gasteiger partial charge on any atom is -0.376 e. The number of halogens is 2. The van der Waals surface area contributed by atoms with Crippen molar-refractivity contribution in [1.29, 1.82) is 0 Å². The van der Waals surface area contributed by atoms with E-state index >= 15 is 0 Å². The largest absolute Gasteiger partial charge is 0.376 e. The molecule has 0 aromatic heterocycles. The molecule has 100 valence electrons. The van der Waals surface area contributed by atoms with Crippen molar-refractivity contribution in [2.24, 2.45) is 10.9 Å². The molecule has 0 radical (unpaired) electrons. The number of nitrogens with one attached hydrogen (secondary N) is 1. The summed E-state index contributed by atoms with van der Waals surface area (Å²) in [6, 6.07) is 0.243. The number of nitrogens with zero attached hydrogens (tertiary/aromatic N) is 1. The Bertz CT molecular complexity index is 404. The summed E-state index contributed by atoms with van der Waals surface area (Å²) in [6.45, 7) is 4.13. The average Bonchev–Trinajstić information content (AvgIpc) is 2.30. The third-order valence-corrected chi connectivity index (χ3v) is 3.97. The van der Waals surface area contributed by atoms with Crippen molar-refractivity contribution in [3.63, 3.8) is 0 Å². The number of methoxy groups -OCH3 is 1. The molecule has 1 aliphatic heterocycles. The molecular weight excluding hydrogens is 271 g/mol. The number of ether oxygens (including phenoxy) is 1. The van der Waals surface area contributed by atoms with Crippen molar-refractivity contribution < 1.29 is 4.74 Å². The summed E-state index contributed by atoms with van der Waals surface area (Å²) in [6.07, 6.45) is 5.76. The summed E-state index contributed by atoms with van der Waals surface area (Å²) in [5.41, 5.74) is 0. The second kappa shape index (κ2) is 5.64. The first kappa shape index (κ1) is 13.9. The van der Waals surface area contributed by atoms with Gasteiger partial charge in [-0.1, -0.05) is 23.8 Å². The molecule has 0 bridgehead atoms. The third-order valence-electron chi connectivity index (χ3n) is 3.11. The van der Waals surface area contributed by atoms with Crippen molar-refractivity contribution in [1.82, 2.24) is 5.32 Å². The Balaban J connectivity index is 2.25. The van der Waals surface area contributed by atoms with Gasteiger partial charge < -0.3 is 10.1 Å². The Kier molecular flexibility index (Phi) is 4.36. The number of dihydropyridines is 1. The van der Waals surface area contributed by atoms with Crippen LogP contribution in [0.1, 0.15) is 13.8 Å². The average molecular weight is 289 g/mol. The molecule has 0 saturated carbocycles. The molecule has 0 aromatic carbocycles. The standard InChI is InChI=1S/C13H18Cl2N2O/c1-7(2)16-11-6-9(14)8-4-5-10(18-3)12(15)13(8)17-11/h4-8,10,12-13H,1-3H3,(H,16,17). The molecule has 2 aliphatic rings. The third kappa shape index (κ3) is 2.73. The Morgan fingerprint density at radius 1 is 1.39 bits per heavy atom. The minimum absolute atomic E-state index is 0.0679. The maximum absolute atomic E-state index is 6.43. The number of amidine groups is 1. The van der Waals surface area contributed by atoms with Crippen LogP contribution in [-0.2, 0) is 4.74 Å². The van der Waals surface area contributed by atoms with Crippen LogP contribution >= 0.6 is 23.2 Å². The van der Waals surface area contributed by atoms with E-state index in [-0.39, 0.29) is 23.4 Å². The van der Waals surface area contributed by atoms with Gasteiger partial charge in [0.2, 0.25) is 0 Å². The first-order chi connectivity index (χ1) is 8.52. The van der Waals surface area contributed by atoms with Crippen LogP contribution in [0.2, 0.25) is 0 Å². The van der Waals surface area contributed by atoms with Crippen LogP contribution in [0.15, 0.2) is 28.3 Å². The predicted molar refractivity (Wildman–Crippen MR) is 76.5 cm³/mol. The Morgan fingerprint density at radius 3 is 2.72 bits per heavy atom. The highest BCUT2D eigenvalue weighted by Gasteiger charge is 2.38. The maximum Gasteiger partial charge on any atom is 0.122 e. The second-order valence-electron chi connectivity index (χ2n) is 4.89. The van der Waals surface area contributed by atoms with Crippen LogP contribution in [0.25, 0.3) is 0 Å². The lowest BCUT2D eigenvalue weighted by Gasteiger charge is -2.35. The van der Waals surface area contributed by atoms with Gasteiger partial charge in [0.1, 0.15) is 5.84 Å². The second-order valence-corrected chi connectivity index (χ2v) is 5.83. The molecule has 1 N–H and O–H groups in total. The molecule has 4 atom stereocenters. The van der Waals surface area contributed by atoms with Crippen LogP contribution < -0.4 is 5.32 Å². The molecule has 1 aliphatic carbocycles. The molecule has 0 fully saturated rings. The Labute approximate surface area is 118 Å². The van der Waals surface area contributed by atoms with Crippen LogP contribution in [0.3, 0.4) is 0 Å². The van der Waals surface area contributed by atoms with E-state index in [0.717, 1.165) is 10.9 Å². The molecule has 0 aromatic rings. The first-order valence-electron chi connectivity index (χ1n) is 6.09. The van der Waals surface area contributed by atoms with Crippen LogP contribution in [-0.4, -0.2) is 36.5 Å². The van der Waals surface area contributed by atoms with Gasteiger partial charge >= 0.3 is 0 Å². The fraction of sp³-hybridized carbons (Fsp3) is 0.615. The quantitative estimate of drug-likeness (QED) is 0.626. The van der Waals surface area contributed by atoms with E-state index in [1.165, 1.54) is 0 Å². The van der Waals surface area contributed by atoms with Crippen molar-refractivity contribution >= 4 is 29.0 Å². The lowest BCUT2D eigenvalue weighted by molar-refractivity contribution is 0.122. The maximum atomic E-state index is 6.43. The smallest absolute Gasteiger partial charge is 0.122 e. The molecule has 0 amide bonds. The number of hydrogen-bond acceptors (Lipinski definition) is 3. The Morgan fingerprint density at radius 2 is 2.11 bits per heavy atom. The zero-order valence-electron chi connectivity index (χ0n) is 10.7. The van der Waals surface area contributed by atoms with Gasteiger partial charge in [0.15, 0.2) is 0 Å². The molecule has 5 heteroatoms. The van der Waals surface area contributed by atoms with Gasteiger partial charge in [-0.15, -0.1) is 11.6 Å². The number of fused-ring (bicyclic) bond motifs is 1. The van der Waals surface area contributed by atoms with Crippen molar-refractivity contribution in [2.75, 3.05) is 7.11 Å². The predicted octanol–water partition coefficient (Wildman–Crippen LogP) is 2.70. The molecule has 2 rings (SSSR count). The monoisotopic (exact) mass is 288 g/mol. The van der Waals surface area contributed by atoms with Gasteiger partial charge in [-0.2, -0.15) is 0 Å². The van der Waals surface area contributed by atoms with Gasteiger partial charge in [-0.25, -0.2) is 0 Å². The van der Waals surface area contributed by atoms with Gasteiger partial charge in [0.25, 0.3) is 0 Å². The summed E-state index contributed by atoms with van der Waals surface area (Å²) in [5, 5.41) is 3.84. The first-order valence-corrected chi connectivity index (χ1v) is 6.91. The van der Waals surface area contributed by atoms with Crippen molar-refractivity contribution in [3.8, 4) is 0 Å². The van der Waals surface area contributed by atoms with E-state index in [4.69, 9.17) is 27.9 Å². The zero-order valence-corrected chi connectivity index (χ0v) is 12.2. The van der Waals surface area contributed by atoms with Crippen molar-refractivity contribution in [2.45, 2.75) is 37.4 Å². The SMILES string of the molecule is COC1C=CC2C(Cl)=CC(NC(C)C)=NC2C1Cl. The summed E-state index contributed by atoms with van der Waals surface area (Å²) in [4.78, 5) is 4.66. The lowest BCUT2D eigenvalue weighted by Crippen LogP contribution is -2.44. The number of alkyl halides is 1. The van der Waals surface area contributed by atoms with Crippen LogP contribution in [0.4, 0.5) is 0 Å².